The van der Waals surface area contributed by atoms with Gasteiger partial charge < -0.3 is 9.47 Å². The van der Waals surface area contributed by atoms with E-state index in [9.17, 15) is 0 Å². The van der Waals surface area contributed by atoms with Crippen molar-refractivity contribution in [1.29, 1.82) is 0 Å². The Hall–Kier alpha value is -0.0800. The molecule has 0 radical (unpaired) electrons. The van der Waals surface area contributed by atoms with Gasteiger partial charge >= 0.3 is 0 Å². The minimum Gasteiger partial charge on any atom is -0.382 e. The van der Waals surface area contributed by atoms with Gasteiger partial charge in [0.1, 0.15) is 0 Å². The van der Waals surface area contributed by atoms with Crippen molar-refractivity contribution in [3.05, 3.63) is 0 Å². The molecule has 0 amide bonds. The topological polar surface area (TPSA) is 18.5 Å². The van der Waals surface area contributed by atoms with Crippen molar-refractivity contribution in [3.63, 3.8) is 0 Å². The van der Waals surface area contributed by atoms with Gasteiger partial charge in [-0.1, -0.05) is 21.8 Å². The van der Waals surface area contributed by atoms with E-state index in [2.05, 4.69) is 13.8 Å². The Labute approximate surface area is 78.3 Å². The Bertz CT molecular complexity index is 70.2. The molecular formula is C10H26O2. The summed E-state index contributed by atoms with van der Waals surface area (Å²) in [7, 11) is 3.48. The molecule has 0 aliphatic heterocycles. The van der Waals surface area contributed by atoms with E-state index in [0.717, 1.165) is 12.8 Å². The minimum atomic E-state index is 0. The number of ether oxygens (including phenoxy) is 2. The first kappa shape index (κ1) is 17.9. The highest BCUT2D eigenvalue weighted by atomic mass is 16.5. The Morgan fingerprint density at radius 3 is 1.83 bits per heavy atom. The second kappa shape index (κ2) is 10.9. The normalized spacial score (nSPS) is 14.0. The van der Waals surface area contributed by atoms with E-state index in [1.54, 1.807) is 14.2 Å². The molecule has 0 saturated heterocycles. The molecule has 0 aliphatic rings. The van der Waals surface area contributed by atoms with E-state index in [0.29, 0.717) is 12.2 Å². The van der Waals surface area contributed by atoms with E-state index in [-0.39, 0.29) is 14.9 Å². The third-order valence-electron chi connectivity index (χ3n) is 1.79. The molecule has 0 bridgehead atoms. The van der Waals surface area contributed by atoms with Gasteiger partial charge in [0.2, 0.25) is 0 Å². The van der Waals surface area contributed by atoms with Crippen molar-refractivity contribution in [2.75, 3.05) is 14.2 Å². The van der Waals surface area contributed by atoms with Crippen LogP contribution in [0, 0.1) is 0 Å². The second-order valence-electron chi connectivity index (χ2n) is 2.55. The van der Waals surface area contributed by atoms with E-state index >= 15 is 0 Å². The van der Waals surface area contributed by atoms with Crippen molar-refractivity contribution >= 4 is 0 Å². The second-order valence-corrected chi connectivity index (χ2v) is 2.55. The van der Waals surface area contributed by atoms with Crippen LogP contribution in [0.25, 0.3) is 0 Å². The van der Waals surface area contributed by atoms with Gasteiger partial charge in [-0.15, -0.1) is 0 Å². The average Bonchev–Trinajstić information content (AvgIpc) is 1.99. The lowest BCUT2D eigenvalue weighted by Gasteiger charge is -2.16. The van der Waals surface area contributed by atoms with Crippen LogP contribution in [0.15, 0.2) is 0 Å². The van der Waals surface area contributed by atoms with E-state index in [1.165, 1.54) is 0 Å². The highest BCUT2D eigenvalue weighted by Gasteiger charge is 2.08. The van der Waals surface area contributed by atoms with Gasteiger partial charge in [0.15, 0.2) is 0 Å². The fourth-order valence-corrected chi connectivity index (χ4v) is 0.896. The fraction of sp³-hybridized carbons (Fsp3) is 1.00. The highest BCUT2D eigenvalue weighted by molar-refractivity contribution is 4.59. The van der Waals surface area contributed by atoms with Crippen molar-refractivity contribution in [2.24, 2.45) is 0 Å². The monoisotopic (exact) mass is 178 g/mol. The van der Waals surface area contributed by atoms with Crippen LogP contribution in [0.2, 0.25) is 0 Å². The largest absolute Gasteiger partial charge is 0.382 e. The number of hydrogen-bond acceptors (Lipinski definition) is 2. The smallest absolute Gasteiger partial charge is 0.0593 e. The van der Waals surface area contributed by atoms with Crippen molar-refractivity contribution < 1.29 is 9.47 Å². The third-order valence-corrected chi connectivity index (χ3v) is 1.79. The standard InChI is InChI=1S/C8H18O2.2CH4/c1-5-8(10-4)6-7(2)9-3;;/h7-8H,5-6H2,1-4H3;2*1H4. The van der Waals surface area contributed by atoms with Crippen LogP contribution in [-0.2, 0) is 9.47 Å². The molecule has 2 nitrogen and oxygen atoms in total. The lowest BCUT2D eigenvalue weighted by Crippen LogP contribution is -2.17. The molecule has 0 N–H and O–H groups in total. The van der Waals surface area contributed by atoms with Crippen LogP contribution in [0.5, 0.6) is 0 Å². The third kappa shape index (κ3) is 8.02. The zero-order valence-electron chi connectivity index (χ0n) is 7.39. The number of methoxy groups -OCH3 is 2. The summed E-state index contributed by atoms with van der Waals surface area (Å²) in [6.07, 6.45) is 2.72. The Balaban J connectivity index is -0.000000405. The molecule has 0 heterocycles. The van der Waals surface area contributed by atoms with Gasteiger partial charge in [-0.25, -0.2) is 0 Å². The molecule has 2 heteroatoms. The number of hydrogen-bond donors (Lipinski definition) is 0. The predicted molar refractivity (Wildman–Crippen MR) is 55.6 cm³/mol. The van der Waals surface area contributed by atoms with Gasteiger partial charge in [0, 0.05) is 14.2 Å². The molecular weight excluding hydrogens is 152 g/mol. The van der Waals surface area contributed by atoms with Gasteiger partial charge in [0.05, 0.1) is 12.2 Å². The maximum Gasteiger partial charge on any atom is 0.0593 e. The van der Waals surface area contributed by atoms with Crippen LogP contribution in [-0.4, -0.2) is 26.4 Å². The molecule has 0 aromatic rings. The van der Waals surface area contributed by atoms with Crippen molar-refractivity contribution in [2.45, 2.75) is 53.8 Å². The summed E-state index contributed by atoms with van der Waals surface area (Å²) in [5, 5.41) is 0. The molecule has 0 fully saturated rings. The molecule has 0 aliphatic carbocycles. The summed E-state index contributed by atoms with van der Waals surface area (Å²) < 4.78 is 10.3. The van der Waals surface area contributed by atoms with E-state index in [1.807, 2.05) is 0 Å². The van der Waals surface area contributed by atoms with Gasteiger partial charge in [-0.05, 0) is 19.8 Å². The zero-order chi connectivity index (χ0) is 7.98. The van der Waals surface area contributed by atoms with E-state index in [4.69, 9.17) is 9.47 Å². The number of rotatable bonds is 5. The Kier molecular flexibility index (Phi) is 16.3. The molecule has 0 rings (SSSR count). The Morgan fingerprint density at radius 1 is 1.08 bits per heavy atom. The molecule has 78 valence electrons. The maximum atomic E-state index is 5.19. The lowest BCUT2D eigenvalue weighted by molar-refractivity contribution is 0.0291. The first-order valence-corrected chi connectivity index (χ1v) is 3.80. The maximum absolute atomic E-state index is 5.19. The van der Waals surface area contributed by atoms with Crippen molar-refractivity contribution in [3.8, 4) is 0 Å². The molecule has 2 unspecified atom stereocenters. The Morgan fingerprint density at radius 2 is 1.58 bits per heavy atom. The molecule has 0 aromatic heterocycles. The van der Waals surface area contributed by atoms with Gasteiger partial charge in [0.25, 0.3) is 0 Å². The first-order chi connectivity index (χ1) is 4.74. The summed E-state index contributed by atoms with van der Waals surface area (Å²) in [5.74, 6) is 0. The summed E-state index contributed by atoms with van der Waals surface area (Å²) in [5.41, 5.74) is 0. The molecule has 0 aromatic carbocycles. The van der Waals surface area contributed by atoms with Crippen LogP contribution in [0.1, 0.15) is 41.5 Å². The van der Waals surface area contributed by atoms with Gasteiger partial charge in [-0.3, -0.25) is 0 Å². The lowest BCUT2D eigenvalue weighted by atomic mass is 10.1. The fourth-order valence-electron chi connectivity index (χ4n) is 0.896. The zero-order valence-corrected chi connectivity index (χ0v) is 7.39. The van der Waals surface area contributed by atoms with E-state index < -0.39 is 0 Å². The van der Waals surface area contributed by atoms with Crippen LogP contribution in [0.3, 0.4) is 0 Å². The SMILES string of the molecule is C.C.CCC(CC(C)OC)OC. The minimum absolute atomic E-state index is 0. The summed E-state index contributed by atoms with van der Waals surface area (Å²) in [4.78, 5) is 0. The molecule has 0 saturated carbocycles. The highest BCUT2D eigenvalue weighted by Crippen LogP contribution is 2.07. The summed E-state index contributed by atoms with van der Waals surface area (Å²) >= 11 is 0. The van der Waals surface area contributed by atoms with Crippen LogP contribution in [0.4, 0.5) is 0 Å². The van der Waals surface area contributed by atoms with Gasteiger partial charge in [-0.2, -0.15) is 0 Å². The average molecular weight is 178 g/mol. The van der Waals surface area contributed by atoms with Crippen LogP contribution < -0.4 is 0 Å². The first-order valence-electron chi connectivity index (χ1n) is 3.80. The summed E-state index contributed by atoms with van der Waals surface area (Å²) in [6.45, 7) is 4.18. The van der Waals surface area contributed by atoms with Crippen LogP contribution >= 0.6 is 0 Å². The molecule has 0 spiro atoms. The molecule has 12 heavy (non-hydrogen) atoms. The predicted octanol–water partition coefficient (Wildman–Crippen LogP) is 3.11. The summed E-state index contributed by atoms with van der Waals surface area (Å²) in [6, 6.07) is 0. The van der Waals surface area contributed by atoms with Crippen molar-refractivity contribution in [1.82, 2.24) is 0 Å². The quantitative estimate of drug-likeness (QED) is 0.644. The molecule has 2 atom stereocenters.